The molecule has 1 N–H and O–H groups in total. The van der Waals surface area contributed by atoms with Gasteiger partial charge in [-0.3, -0.25) is 19.6 Å². The van der Waals surface area contributed by atoms with Gasteiger partial charge in [-0.1, -0.05) is 0 Å². The molecule has 2 rings (SSSR count). The summed E-state index contributed by atoms with van der Waals surface area (Å²) in [6.45, 7) is 5.58. The highest BCUT2D eigenvalue weighted by Gasteiger charge is 2.14. The summed E-state index contributed by atoms with van der Waals surface area (Å²) in [4.78, 5) is 25.4. The lowest BCUT2D eigenvalue weighted by atomic mass is 10.2. The normalized spacial score (nSPS) is 11.5. The van der Waals surface area contributed by atoms with Gasteiger partial charge in [-0.05, 0) is 39.0 Å². The lowest BCUT2D eigenvalue weighted by Gasteiger charge is -2.18. The van der Waals surface area contributed by atoms with Crippen LogP contribution in [0.2, 0.25) is 0 Å². The number of benzene rings is 1. The van der Waals surface area contributed by atoms with E-state index in [1.54, 1.807) is 30.6 Å². The topological polar surface area (TPSA) is 64.1 Å². The van der Waals surface area contributed by atoms with Crippen molar-refractivity contribution >= 4 is 16.9 Å². The van der Waals surface area contributed by atoms with Crippen LogP contribution in [0.25, 0.3) is 11.0 Å². The molecule has 0 fully saturated rings. The second kappa shape index (κ2) is 4.70. The van der Waals surface area contributed by atoms with E-state index in [-0.39, 0.29) is 5.91 Å². The number of carbonyl (C=O) groups is 1. The van der Waals surface area contributed by atoms with E-state index < -0.39 is 5.60 Å². The maximum Gasteiger partial charge on any atom is 0.274 e. The maximum absolute atomic E-state index is 11.9. The zero-order chi connectivity index (χ0) is 13.2. The van der Waals surface area contributed by atoms with Gasteiger partial charge in [-0.15, -0.1) is 0 Å². The average Bonchev–Trinajstić information content (AvgIpc) is 2.34. The molecule has 5 heteroatoms. The number of fused-ring (bicyclic) bond motifs is 1. The first-order valence-corrected chi connectivity index (χ1v) is 5.65. The molecule has 0 bridgehead atoms. The summed E-state index contributed by atoms with van der Waals surface area (Å²) in [6.07, 6.45) is 3.21. The Balaban J connectivity index is 2.18. The molecule has 0 atom stereocenters. The van der Waals surface area contributed by atoms with Crippen LogP contribution < -0.4 is 5.48 Å². The maximum atomic E-state index is 11.9. The van der Waals surface area contributed by atoms with Gasteiger partial charge in [0.15, 0.2) is 0 Å². The van der Waals surface area contributed by atoms with Crippen molar-refractivity contribution in [2.75, 3.05) is 0 Å². The summed E-state index contributed by atoms with van der Waals surface area (Å²) < 4.78 is 0. The molecule has 1 aromatic carbocycles. The van der Waals surface area contributed by atoms with Gasteiger partial charge in [-0.2, -0.15) is 0 Å². The van der Waals surface area contributed by atoms with Crippen molar-refractivity contribution < 1.29 is 9.63 Å². The minimum Gasteiger partial charge on any atom is -0.268 e. The molecule has 0 unspecified atom stereocenters. The molecule has 94 valence electrons. The minimum atomic E-state index is -0.424. The van der Waals surface area contributed by atoms with Gasteiger partial charge >= 0.3 is 0 Å². The molecule has 18 heavy (non-hydrogen) atoms. The van der Waals surface area contributed by atoms with Gasteiger partial charge in [0.2, 0.25) is 0 Å². The summed E-state index contributed by atoms with van der Waals surface area (Å²) in [7, 11) is 0. The first kappa shape index (κ1) is 12.4. The Morgan fingerprint density at radius 2 is 1.83 bits per heavy atom. The Labute approximate surface area is 105 Å². The molecule has 5 nitrogen and oxygen atoms in total. The molecule has 1 aromatic heterocycles. The van der Waals surface area contributed by atoms with E-state index in [1.807, 2.05) is 20.8 Å². The number of aromatic nitrogens is 2. The van der Waals surface area contributed by atoms with Gasteiger partial charge in [0, 0.05) is 18.0 Å². The largest absolute Gasteiger partial charge is 0.274 e. The lowest BCUT2D eigenvalue weighted by Crippen LogP contribution is -2.33. The van der Waals surface area contributed by atoms with E-state index in [4.69, 9.17) is 4.84 Å². The Bertz CT molecular complexity index is 576. The quantitative estimate of drug-likeness (QED) is 0.823. The van der Waals surface area contributed by atoms with Crippen LogP contribution in [0.3, 0.4) is 0 Å². The third-order valence-electron chi connectivity index (χ3n) is 2.18. The monoisotopic (exact) mass is 245 g/mol. The van der Waals surface area contributed by atoms with Crippen LogP contribution >= 0.6 is 0 Å². The van der Waals surface area contributed by atoms with Crippen molar-refractivity contribution in [2.45, 2.75) is 26.4 Å². The number of hydroxylamine groups is 1. The first-order chi connectivity index (χ1) is 8.46. The van der Waals surface area contributed by atoms with Crippen molar-refractivity contribution in [1.82, 2.24) is 15.4 Å². The molecular weight excluding hydrogens is 230 g/mol. The number of hydrogen-bond donors (Lipinski definition) is 1. The van der Waals surface area contributed by atoms with Crippen LogP contribution in [-0.4, -0.2) is 21.5 Å². The van der Waals surface area contributed by atoms with Crippen molar-refractivity contribution in [3.05, 3.63) is 36.2 Å². The van der Waals surface area contributed by atoms with Crippen LogP contribution in [0, 0.1) is 0 Å². The molecule has 0 saturated heterocycles. The van der Waals surface area contributed by atoms with E-state index in [0.29, 0.717) is 11.1 Å². The summed E-state index contributed by atoms with van der Waals surface area (Å²) in [5.74, 6) is -0.294. The zero-order valence-electron chi connectivity index (χ0n) is 10.6. The van der Waals surface area contributed by atoms with Crippen molar-refractivity contribution in [3.8, 4) is 0 Å². The van der Waals surface area contributed by atoms with Gasteiger partial charge in [0.25, 0.3) is 5.91 Å². The fourth-order valence-electron chi connectivity index (χ4n) is 1.36. The average molecular weight is 245 g/mol. The summed E-state index contributed by atoms with van der Waals surface area (Å²) in [5.41, 5.74) is 3.92. The molecule has 0 aliphatic heterocycles. The molecular formula is C13H15N3O2. The number of carbonyl (C=O) groups excluding carboxylic acids is 1. The third-order valence-corrected chi connectivity index (χ3v) is 2.18. The number of amides is 1. The molecule has 0 aliphatic carbocycles. The molecule has 0 radical (unpaired) electrons. The lowest BCUT2D eigenvalue weighted by molar-refractivity contribution is -0.0589. The fourth-order valence-corrected chi connectivity index (χ4v) is 1.36. The SMILES string of the molecule is CC(C)(C)ONC(=O)c1ccc2nccnc2c1. The smallest absolute Gasteiger partial charge is 0.268 e. The van der Waals surface area contributed by atoms with E-state index in [1.165, 1.54) is 0 Å². The van der Waals surface area contributed by atoms with Crippen molar-refractivity contribution in [1.29, 1.82) is 0 Å². The zero-order valence-corrected chi connectivity index (χ0v) is 10.6. The highest BCUT2D eigenvalue weighted by Crippen LogP contribution is 2.11. The second-order valence-electron chi connectivity index (χ2n) is 4.91. The molecule has 0 saturated carbocycles. The third kappa shape index (κ3) is 3.01. The van der Waals surface area contributed by atoms with E-state index in [0.717, 1.165) is 5.52 Å². The van der Waals surface area contributed by atoms with Gasteiger partial charge in [0.1, 0.15) is 0 Å². The molecule has 2 aromatic rings. The number of nitrogens with zero attached hydrogens (tertiary/aromatic N) is 2. The molecule has 0 aliphatic rings. The van der Waals surface area contributed by atoms with Crippen LogP contribution in [0.1, 0.15) is 31.1 Å². The van der Waals surface area contributed by atoms with Crippen LogP contribution in [0.5, 0.6) is 0 Å². The minimum absolute atomic E-state index is 0.294. The van der Waals surface area contributed by atoms with Crippen LogP contribution in [0.4, 0.5) is 0 Å². The predicted molar refractivity (Wildman–Crippen MR) is 67.8 cm³/mol. The molecule has 1 amide bonds. The summed E-state index contributed by atoms with van der Waals surface area (Å²) in [6, 6.07) is 5.14. The van der Waals surface area contributed by atoms with Gasteiger partial charge < -0.3 is 0 Å². The standard InChI is InChI=1S/C13H15N3O2/c1-13(2,3)18-16-12(17)9-4-5-10-11(8-9)15-7-6-14-10/h4-8H,1-3H3,(H,16,17). The Morgan fingerprint density at radius 3 is 2.50 bits per heavy atom. The summed E-state index contributed by atoms with van der Waals surface area (Å²) >= 11 is 0. The van der Waals surface area contributed by atoms with Crippen molar-refractivity contribution in [2.24, 2.45) is 0 Å². The van der Waals surface area contributed by atoms with Gasteiger partial charge in [0.05, 0.1) is 16.6 Å². The second-order valence-corrected chi connectivity index (χ2v) is 4.91. The Hall–Kier alpha value is -2.01. The molecule has 0 spiro atoms. The summed E-state index contributed by atoms with van der Waals surface area (Å²) in [5, 5.41) is 0. The Morgan fingerprint density at radius 1 is 1.17 bits per heavy atom. The highest BCUT2D eigenvalue weighted by molar-refractivity contribution is 5.96. The first-order valence-electron chi connectivity index (χ1n) is 5.65. The number of rotatable bonds is 2. The van der Waals surface area contributed by atoms with E-state index in [9.17, 15) is 4.79 Å². The van der Waals surface area contributed by atoms with E-state index >= 15 is 0 Å². The predicted octanol–water partition coefficient (Wildman–Crippen LogP) is 2.09. The highest BCUT2D eigenvalue weighted by atomic mass is 16.7. The van der Waals surface area contributed by atoms with Crippen LogP contribution in [-0.2, 0) is 4.84 Å². The number of nitrogens with one attached hydrogen (secondary N) is 1. The molecule has 1 heterocycles. The van der Waals surface area contributed by atoms with Crippen molar-refractivity contribution in [3.63, 3.8) is 0 Å². The fraction of sp³-hybridized carbons (Fsp3) is 0.308. The van der Waals surface area contributed by atoms with Crippen LogP contribution in [0.15, 0.2) is 30.6 Å². The van der Waals surface area contributed by atoms with E-state index in [2.05, 4.69) is 15.4 Å². The number of hydrogen-bond acceptors (Lipinski definition) is 4. The van der Waals surface area contributed by atoms with Gasteiger partial charge in [-0.25, -0.2) is 5.48 Å². The Kier molecular flexibility index (Phi) is 3.25.